The third-order valence-electron chi connectivity index (χ3n) is 4.77. The molecule has 2 heterocycles. The molecule has 1 aliphatic rings. The van der Waals surface area contributed by atoms with Crippen molar-refractivity contribution in [2.45, 2.75) is 44.2 Å². The SMILES string of the molecule is NC1CCC(n2cc(C(=O)NC[C@@H](CO)Cc3ccsc3)nn2)CC1. The van der Waals surface area contributed by atoms with E-state index in [9.17, 15) is 9.90 Å². The number of hydrogen-bond donors (Lipinski definition) is 3. The molecule has 1 fully saturated rings. The Bertz CT molecular complexity index is 664. The summed E-state index contributed by atoms with van der Waals surface area (Å²) in [5.41, 5.74) is 7.43. The highest BCUT2D eigenvalue weighted by Crippen LogP contribution is 2.26. The van der Waals surface area contributed by atoms with Crippen molar-refractivity contribution in [3.05, 3.63) is 34.3 Å². The molecule has 1 aliphatic carbocycles. The number of nitrogens with zero attached hydrogens (tertiary/aromatic N) is 3. The Morgan fingerprint density at radius 3 is 2.92 bits per heavy atom. The van der Waals surface area contributed by atoms with Crippen LogP contribution in [0.15, 0.2) is 23.0 Å². The van der Waals surface area contributed by atoms with Gasteiger partial charge in [0.1, 0.15) is 0 Å². The minimum atomic E-state index is -0.248. The van der Waals surface area contributed by atoms with Crippen LogP contribution in [0.5, 0.6) is 0 Å². The second-order valence-corrected chi connectivity index (χ2v) is 7.53. The topological polar surface area (TPSA) is 106 Å². The van der Waals surface area contributed by atoms with E-state index in [1.165, 1.54) is 5.56 Å². The zero-order valence-corrected chi connectivity index (χ0v) is 15.0. The normalized spacial score (nSPS) is 21.8. The van der Waals surface area contributed by atoms with E-state index >= 15 is 0 Å². The summed E-state index contributed by atoms with van der Waals surface area (Å²) in [5.74, 6) is -0.254. The number of aliphatic hydroxyl groups excluding tert-OH is 1. The second kappa shape index (κ2) is 8.55. The van der Waals surface area contributed by atoms with Gasteiger partial charge < -0.3 is 16.2 Å². The first-order valence-corrected chi connectivity index (χ1v) is 9.67. The standard InChI is InChI=1S/C17H25N5O2S/c18-14-1-3-15(4-2-14)22-9-16(20-21-22)17(24)19-8-13(10-23)7-12-5-6-25-11-12/h5-6,9,11,13-15,23H,1-4,7-8,10,18H2,(H,19,24)/t13-,14?,15?/m0/s1. The Kier molecular flexibility index (Phi) is 6.17. The van der Waals surface area contributed by atoms with Gasteiger partial charge in [0.05, 0.1) is 12.2 Å². The number of rotatable bonds is 7. The number of aromatic nitrogens is 3. The molecule has 25 heavy (non-hydrogen) atoms. The molecule has 0 aromatic carbocycles. The fraction of sp³-hybridized carbons (Fsp3) is 0.588. The van der Waals surface area contributed by atoms with Crippen LogP contribution in [0.1, 0.15) is 47.8 Å². The smallest absolute Gasteiger partial charge is 0.273 e. The van der Waals surface area contributed by atoms with Gasteiger partial charge in [-0.3, -0.25) is 4.79 Å². The molecule has 1 saturated carbocycles. The summed E-state index contributed by atoms with van der Waals surface area (Å²) in [7, 11) is 0. The number of nitrogens with two attached hydrogens (primary N) is 1. The quantitative estimate of drug-likeness (QED) is 0.689. The Labute approximate surface area is 151 Å². The van der Waals surface area contributed by atoms with Gasteiger partial charge in [0, 0.05) is 25.1 Å². The lowest BCUT2D eigenvalue weighted by Crippen LogP contribution is -2.32. The van der Waals surface area contributed by atoms with Crippen molar-refractivity contribution in [1.29, 1.82) is 0 Å². The lowest BCUT2D eigenvalue weighted by molar-refractivity contribution is 0.0935. The monoisotopic (exact) mass is 363 g/mol. The minimum Gasteiger partial charge on any atom is -0.396 e. The van der Waals surface area contributed by atoms with Gasteiger partial charge in [-0.15, -0.1) is 5.10 Å². The van der Waals surface area contributed by atoms with Gasteiger partial charge in [-0.1, -0.05) is 5.21 Å². The summed E-state index contributed by atoms with van der Waals surface area (Å²) in [4.78, 5) is 12.3. The molecule has 3 rings (SSSR count). The van der Waals surface area contributed by atoms with E-state index in [4.69, 9.17) is 5.73 Å². The maximum Gasteiger partial charge on any atom is 0.273 e. The Hall–Kier alpha value is -1.77. The molecule has 0 unspecified atom stereocenters. The van der Waals surface area contributed by atoms with E-state index < -0.39 is 0 Å². The number of amides is 1. The number of nitrogens with one attached hydrogen (secondary N) is 1. The molecule has 0 bridgehead atoms. The summed E-state index contributed by atoms with van der Waals surface area (Å²) < 4.78 is 1.79. The summed E-state index contributed by atoms with van der Waals surface area (Å²) >= 11 is 1.63. The maximum atomic E-state index is 12.3. The van der Waals surface area contributed by atoms with Gasteiger partial charge in [0.25, 0.3) is 5.91 Å². The van der Waals surface area contributed by atoms with Crippen LogP contribution in [0.2, 0.25) is 0 Å². The molecule has 7 nitrogen and oxygen atoms in total. The average Bonchev–Trinajstić information content (AvgIpc) is 3.30. The average molecular weight is 363 g/mol. The molecule has 136 valence electrons. The summed E-state index contributed by atoms with van der Waals surface area (Å²) in [5, 5.41) is 24.6. The van der Waals surface area contributed by atoms with Crippen molar-refractivity contribution in [1.82, 2.24) is 20.3 Å². The van der Waals surface area contributed by atoms with Crippen molar-refractivity contribution in [3.63, 3.8) is 0 Å². The number of thiophene rings is 1. The molecule has 2 aromatic heterocycles. The van der Waals surface area contributed by atoms with E-state index in [0.29, 0.717) is 12.2 Å². The number of carbonyl (C=O) groups excluding carboxylic acids is 1. The van der Waals surface area contributed by atoms with E-state index in [1.807, 2.05) is 11.4 Å². The van der Waals surface area contributed by atoms with Crippen LogP contribution in [0, 0.1) is 5.92 Å². The highest BCUT2D eigenvalue weighted by molar-refractivity contribution is 7.07. The van der Waals surface area contributed by atoms with Crippen LogP contribution < -0.4 is 11.1 Å². The molecule has 0 spiro atoms. The van der Waals surface area contributed by atoms with Crippen molar-refractivity contribution in [2.24, 2.45) is 11.7 Å². The number of hydrogen-bond acceptors (Lipinski definition) is 6. The lowest BCUT2D eigenvalue weighted by Gasteiger charge is -2.25. The van der Waals surface area contributed by atoms with Gasteiger partial charge in [0.15, 0.2) is 5.69 Å². The molecular weight excluding hydrogens is 338 g/mol. The summed E-state index contributed by atoms with van der Waals surface area (Å²) in [6.45, 7) is 0.446. The second-order valence-electron chi connectivity index (χ2n) is 6.75. The third kappa shape index (κ3) is 4.87. The fourth-order valence-electron chi connectivity index (χ4n) is 3.20. The van der Waals surface area contributed by atoms with Crippen molar-refractivity contribution in [2.75, 3.05) is 13.2 Å². The van der Waals surface area contributed by atoms with Gasteiger partial charge in [-0.25, -0.2) is 4.68 Å². The van der Waals surface area contributed by atoms with Gasteiger partial charge in [-0.05, 0) is 54.5 Å². The summed E-state index contributed by atoms with van der Waals surface area (Å²) in [6, 6.07) is 2.59. The molecule has 1 amide bonds. The maximum absolute atomic E-state index is 12.3. The first-order chi connectivity index (χ1) is 12.2. The fourth-order valence-corrected chi connectivity index (χ4v) is 3.88. The minimum absolute atomic E-state index is 0.00609. The first-order valence-electron chi connectivity index (χ1n) is 8.73. The predicted molar refractivity (Wildman–Crippen MR) is 96.4 cm³/mol. The Balaban J connectivity index is 1.51. The molecule has 2 aromatic rings. The van der Waals surface area contributed by atoms with Gasteiger partial charge in [0.2, 0.25) is 0 Å². The van der Waals surface area contributed by atoms with E-state index in [1.54, 1.807) is 22.2 Å². The number of carbonyl (C=O) groups is 1. The molecule has 8 heteroatoms. The number of aliphatic hydroxyl groups is 1. The van der Waals surface area contributed by atoms with Crippen molar-refractivity contribution in [3.8, 4) is 0 Å². The largest absolute Gasteiger partial charge is 0.396 e. The Morgan fingerprint density at radius 1 is 1.44 bits per heavy atom. The van der Waals surface area contributed by atoms with Crippen LogP contribution in [-0.2, 0) is 6.42 Å². The zero-order chi connectivity index (χ0) is 17.6. The summed E-state index contributed by atoms with van der Waals surface area (Å²) in [6.07, 6.45) is 6.36. The molecule has 1 atom stereocenters. The molecule has 0 radical (unpaired) electrons. The highest BCUT2D eigenvalue weighted by Gasteiger charge is 2.22. The van der Waals surface area contributed by atoms with Crippen LogP contribution in [0.4, 0.5) is 0 Å². The zero-order valence-electron chi connectivity index (χ0n) is 14.2. The lowest BCUT2D eigenvalue weighted by atomic mass is 9.92. The van der Waals surface area contributed by atoms with Crippen molar-refractivity contribution >= 4 is 17.2 Å². The van der Waals surface area contributed by atoms with Crippen LogP contribution in [-0.4, -0.2) is 45.2 Å². The molecule has 0 saturated heterocycles. The van der Waals surface area contributed by atoms with Gasteiger partial charge in [-0.2, -0.15) is 11.3 Å². The van der Waals surface area contributed by atoms with Crippen LogP contribution in [0.25, 0.3) is 0 Å². The van der Waals surface area contributed by atoms with Crippen LogP contribution in [0.3, 0.4) is 0 Å². The van der Waals surface area contributed by atoms with Gasteiger partial charge >= 0.3 is 0 Å². The van der Waals surface area contributed by atoms with E-state index in [-0.39, 0.29) is 30.5 Å². The highest BCUT2D eigenvalue weighted by atomic mass is 32.1. The van der Waals surface area contributed by atoms with Crippen LogP contribution >= 0.6 is 11.3 Å². The van der Waals surface area contributed by atoms with Crippen molar-refractivity contribution < 1.29 is 9.90 Å². The molecule has 4 N–H and O–H groups in total. The third-order valence-corrected chi connectivity index (χ3v) is 5.50. The Morgan fingerprint density at radius 2 is 2.24 bits per heavy atom. The predicted octanol–water partition coefficient (Wildman–Crippen LogP) is 1.36. The molecule has 0 aliphatic heterocycles. The molecular formula is C17H25N5O2S. The first kappa shape index (κ1) is 18.0. The van der Waals surface area contributed by atoms with E-state index in [2.05, 4.69) is 21.0 Å². The van der Waals surface area contributed by atoms with E-state index in [0.717, 1.165) is 32.1 Å².